The van der Waals surface area contributed by atoms with E-state index >= 15 is 0 Å². The highest BCUT2D eigenvalue weighted by molar-refractivity contribution is 5.76. The number of carbonyl (C=O) groups excluding carboxylic acids is 1. The van der Waals surface area contributed by atoms with Crippen LogP contribution in [0.1, 0.15) is 56.1 Å². The van der Waals surface area contributed by atoms with Crippen LogP contribution in [0, 0.1) is 17.3 Å². The summed E-state index contributed by atoms with van der Waals surface area (Å²) in [6.07, 6.45) is 1.31. The average Bonchev–Trinajstić information content (AvgIpc) is 2.51. The van der Waals surface area contributed by atoms with E-state index in [1.54, 1.807) is 13.1 Å². The van der Waals surface area contributed by atoms with Gasteiger partial charge in [-0.2, -0.15) is 13.2 Å². The maximum atomic E-state index is 13.2. The lowest BCUT2D eigenvalue weighted by atomic mass is 9.47. The van der Waals surface area contributed by atoms with Crippen LogP contribution in [0.2, 0.25) is 0 Å². The van der Waals surface area contributed by atoms with Gasteiger partial charge in [-0.1, -0.05) is 18.2 Å². The molecule has 0 spiro atoms. The minimum absolute atomic E-state index is 0.0538. The Labute approximate surface area is 157 Å². The van der Waals surface area contributed by atoms with Crippen molar-refractivity contribution in [2.24, 2.45) is 17.3 Å². The van der Waals surface area contributed by atoms with Crippen LogP contribution in [0.3, 0.4) is 0 Å². The van der Waals surface area contributed by atoms with E-state index in [0.717, 1.165) is 38.2 Å². The van der Waals surface area contributed by atoms with Crippen molar-refractivity contribution in [2.45, 2.75) is 63.3 Å². The molecule has 0 saturated heterocycles. The molecule has 1 N–H and O–H groups in total. The first-order chi connectivity index (χ1) is 12.6. The number of hydrogen-bond acceptors (Lipinski definition) is 2. The van der Waals surface area contributed by atoms with Gasteiger partial charge in [0.15, 0.2) is 0 Å². The molecule has 0 aliphatic heterocycles. The van der Waals surface area contributed by atoms with Crippen molar-refractivity contribution in [3.8, 4) is 0 Å². The fourth-order valence-corrected chi connectivity index (χ4v) is 6.34. The van der Waals surface area contributed by atoms with Gasteiger partial charge in [-0.05, 0) is 67.4 Å². The summed E-state index contributed by atoms with van der Waals surface area (Å²) in [6, 6.07) is 5.42. The molecular weight excluding hydrogens is 355 g/mol. The van der Waals surface area contributed by atoms with Crippen molar-refractivity contribution >= 4 is 5.91 Å². The third-order valence-corrected chi connectivity index (χ3v) is 6.83. The molecule has 0 heterocycles. The standard InChI is InChI=1S/C21H26F3NO2/c1-25(12-16-4-2-3-5-17(16)21(22,23)24)18(26)11-19-7-14-6-15(8-19)10-20(27,9-14)13-19/h2-5,14-15,27H,6-13H2,1H3/t14-,15-,19?,20?/m1/s1. The van der Waals surface area contributed by atoms with Crippen molar-refractivity contribution < 1.29 is 23.1 Å². The number of carbonyl (C=O) groups is 1. The molecular formula is C21H26F3NO2. The summed E-state index contributed by atoms with van der Waals surface area (Å²) >= 11 is 0. The molecule has 0 radical (unpaired) electrons. The minimum atomic E-state index is -4.43. The van der Waals surface area contributed by atoms with Gasteiger partial charge in [-0.15, -0.1) is 0 Å². The summed E-state index contributed by atoms with van der Waals surface area (Å²) in [5, 5.41) is 10.8. The lowest BCUT2D eigenvalue weighted by Gasteiger charge is -2.60. The fraction of sp³-hybridized carbons (Fsp3) is 0.667. The Morgan fingerprint density at radius 3 is 2.41 bits per heavy atom. The van der Waals surface area contributed by atoms with Gasteiger partial charge in [0.25, 0.3) is 0 Å². The third kappa shape index (κ3) is 3.60. The first-order valence-corrected chi connectivity index (χ1v) is 9.69. The van der Waals surface area contributed by atoms with Gasteiger partial charge in [0.05, 0.1) is 11.2 Å². The van der Waals surface area contributed by atoms with Crippen LogP contribution in [0.25, 0.3) is 0 Å². The Morgan fingerprint density at radius 2 is 1.81 bits per heavy atom. The first kappa shape index (κ1) is 18.8. The number of aliphatic hydroxyl groups is 1. The molecule has 4 aliphatic carbocycles. The van der Waals surface area contributed by atoms with Gasteiger partial charge in [0, 0.05) is 20.0 Å². The Morgan fingerprint density at radius 1 is 1.19 bits per heavy atom. The molecule has 0 unspecified atom stereocenters. The second-order valence-electron chi connectivity index (χ2n) is 9.27. The third-order valence-electron chi connectivity index (χ3n) is 6.83. The highest BCUT2D eigenvalue weighted by Crippen LogP contribution is 2.62. The quantitative estimate of drug-likeness (QED) is 0.841. The van der Waals surface area contributed by atoms with Crippen molar-refractivity contribution in [3.63, 3.8) is 0 Å². The number of rotatable bonds is 4. The van der Waals surface area contributed by atoms with Gasteiger partial charge in [0.1, 0.15) is 0 Å². The summed E-state index contributed by atoms with van der Waals surface area (Å²) in [5.74, 6) is 0.846. The van der Waals surface area contributed by atoms with Crippen molar-refractivity contribution in [1.82, 2.24) is 4.90 Å². The number of halogens is 3. The van der Waals surface area contributed by atoms with E-state index in [2.05, 4.69) is 0 Å². The van der Waals surface area contributed by atoms with Gasteiger partial charge in [0.2, 0.25) is 5.91 Å². The van der Waals surface area contributed by atoms with Crippen LogP contribution in [-0.4, -0.2) is 28.6 Å². The molecule has 3 nitrogen and oxygen atoms in total. The molecule has 4 saturated carbocycles. The number of nitrogens with zero attached hydrogens (tertiary/aromatic N) is 1. The number of amides is 1. The lowest BCUT2D eigenvalue weighted by molar-refractivity contribution is -0.172. The first-order valence-electron chi connectivity index (χ1n) is 9.69. The van der Waals surface area contributed by atoms with Crippen molar-refractivity contribution in [2.75, 3.05) is 7.05 Å². The topological polar surface area (TPSA) is 40.5 Å². The van der Waals surface area contributed by atoms with Crippen LogP contribution in [0.4, 0.5) is 13.2 Å². The van der Waals surface area contributed by atoms with Crippen LogP contribution in [0.5, 0.6) is 0 Å². The Kier molecular flexibility index (Phi) is 4.33. The molecule has 0 aromatic heterocycles. The van der Waals surface area contributed by atoms with Crippen molar-refractivity contribution in [3.05, 3.63) is 35.4 Å². The SMILES string of the molecule is CN(Cc1ccccc1C(F)(F)F)C(=O)CC12C[C@H]3C[C@@H](CC(O)(C3)C1)C2. The second-order valence-corrected chi connectivity index (χ2v) is 9.27. The number of alkyl halides is 3. The summed E-state index contributed by atoms with van der Waals surface area (Å²) in [6.45, 7) is -0.0538. The predicted octanol–water partition coefficient (Wildman–Crippen LogP) is 4.39. The average molecular weight is 381 g/mol. The largest absolute Gasteiger partial charge is 0.416 e. The van der Waals surface area contributed by atoms with Crippen LogP contribution in [-0.2, 0) is 17.5 Å². The molecule has 1 amide bonds. The molecule has 1 aromatic carbocycles. The monoisotopic (exact) mass is 381 g/mol. The molecule has 6 heteroatoms. The van der Waals surface area contributed by atoms with E-state index in [-0.39, 0.29) is 23.4 Å². The summed E-state index contributed by atoms with van der Waals surface area (Å²) < 4.78 is 39.6. The normalized spacial score (nSPS) is 34.7. The summed E-state index contributed by atoms with van der Waals surface area (Å²) in [4.78, 5) is 14.3. The van der Waals surface area contributed by atoms with E-state index in [1.807, 2.05) is 0 Å². The Balaban J connectivity index is 1.47. The number of benzene rings is 1. The van der Waals surface area contributed by atoms with E-state index < -0.39 is 17.3 Å². The minimum Gasteiger partial charge on any atom is -0.390 e. The summed E-state index contributed by atoms with van der Waals surface area (Å²) in [5.41, 5.74) is -1.38. The maximum Gasteiger partial charge on any atom is 0.416 e. The highest BCUT2D eigenvalue weighted by atomic mass is 19.4. The Bertz CT molecular complexity index is 731. The molecule has 1 aromatic rings. The molecule has 5 rings (SSSR count). The lowest BCUT2D eigenvalue weighted by Crippen LogP contribution is -2.56. The molecule has 4 aliphatic rings. The zero-order valence-electron chi connectivity index (χ0n) is 15.6. The van der Waals surface area contributed by atoms with Crippen molar-refractivity contribution in [1.29, 1.82) is 0 Å². The predicted molar refractivity (Wildman–Crippen MR) is 94.6 cm³/mol. The zero-order chi connectivity index (χ0) is 19.4. The molecule has 27 heavy (non-hydrogen) atoms. The molecule has 4 bridgehead atoms. The van der Waals surface area contributed by atoms with E-state index in [0.29, 0.717) is 24.7 Å². The van der Waals surface area contributed by atoms with E-state index in [1.165, 1.54) is 17.0 Å². The molecule has 4 fully saturated rings. The van der Waals surface area contributed by atoms with E-state index in [4.69, 9.17) is 0 Å². The van der Waals surface area contributed by atoms with Crippen LogP contribution >= 0.6 is 0 Å². The summed E-state index contributed by atoms with van der Waals surface area (Å²) in [7, 11) is 1.57. The zero-order valence-corrected chi connectivity index (χ0v) is 15.6. The smallest absolute Gasteiger partial charge is 0.390 e. The molecule has 148 valence electrons. The van der Waals surface area contributed by atoms with E-state index in [9.17, 15) is 23.1 Å². The highest BCUT2D eigenvalue weighted by Gasteiger charge is 2.57. The molecule has 2 atom stereocenters. The maximum absolute atomic E-state index is 13.2. The fourth-order valence-electron chi connectivity index (χ4n) is 6.34. The van der Waals surface area contributed by atoms with Gasteiger partial charge in [-0.25, -0.2) is 0 Å². The van der Waals surface area contributed by atoms with Gasteiger partial charge >= 0.3 is 6.18 Å². The van der Waals surface area contributed by atoms with Crippen LogP contribution < -0.4 is 0 Å². The Hall–Kier alpha value is -1.56. The number of hydrogen-bond donors (Lipinski definition) is 1. The van der Waals surface area contributed by atoms with Gasteiger partial charge in [-0.3, -0.25) is 4.79 Å². The second kappa shape index (κ2) is 6.23. The van der Waals surface area contributed by atoms with Gasteiger partial charge < -0.3 is 10.0 Å². The van der Waals surface area contributed by atoms with Crippen LogP contribution in [0.15, 0.2) is 24.3 Å².